The van der Waals surface area contributed by atoms with Crippen molar-refractivity contribution in [2.24, 2.45) is 0 Å². The molecule has 26 heavy (non-hydrogen) atoms. The predicted molar refractivity (Wildman–Crippen MR) is 89.1 cm³/mol. The summed E-state index contributed by atoms with van der Waals surface area (Å²) >= 11 is 0. The summed E-state index contributed by atoms with van der Waals surface area (Å²) in [5.74, 6) is -0.137. The SMILES string of the molecule is COc1ncc(-c2cc(C)cc(Nc3nccc(C(F)(F)F)n3)c2)cn1. The lowest BCUT2D eigenvalue weighted by Gasteiger charge is -2.11. The number of nitrogens with zero attached hydrogens (tertiary/aromatic N) is 4. The summed E-state index contributed by atoms with van der Waals surface area (Å²) < 4.78 is 43.3. The number of anilines is 2. The smallest absolute Gasteiger partial charge is 0.433 e. The fourth-order valence-corrected chi connectivity index (χ4v) is 2.30. The zero-order valence-corrected chi connectivity index (χ0v) is 13.9. The van der Waals surface area contributed by atoms with Crippen molar-refractivity contribution in [1.29, 1.82) is 0 Å². The van der Waals surface area contributed by atoms with Crippen LogP contribution in [0.5, 0.6) is 6.01 Å². The van der Waals surface area contributed by atoms with Crippen LogP contribution >= 0.6 is 0 Å². The molecule has 0 aliphatic carbocycles. The number of hydrogen-bond donors (Lipinski definition) is 1. The topological polar surface area (TPSA) is 72.8 Å². The Bertz CT molecular complexity index is 913. The minimum Gasteiger partial charge on any atom is -0.467 e. The van der Waals surface area contributed by atoms with Crippen molar-refractivity contribution < 1.29 is 17.9 Å². The number of aromatic nitrogens is 4. The van der Waals surface area contributed by atoms with Gasteiger partial charge >= 0.3 is 12.2 Å². The van der Waals surface area contributed by atoms with Crippen molar-refractivity contribution >= 4 is 11.6 Å². The molecule has 3 rings (SSSR count). The first-order valence-electron chi connectivity index (χ1n) is 7.50. The highest BCUT2D eigenvalue weighted by Crippen LogP contribution is 2.29. The van der Waals surface area contributed by atoms with E-state index in [9.17, 15) is 13.2 Å². The van der Waals surface area contributed by atoms with Crippen LogP contribution in [0.15, 0.2) is 42.9 Å². The van der Waals surface area contributed by atoms with Gasteiger partial charge in [-0.1, -0.05) is 6.07 Å². The van der Waals surface area contributed by atoms with Crippen molar-refractivity contribution in [3.8, 4) is 17.1 Å². The summed E-state index contributed by atoms with van der Waals surface area (Å²) in [5.41, 5.74) is 1.97. The molecule has 0 unspecified atom stereocenters. The Balaban J connectivity index is 1.90. The molecule has 0 saturated carbocycles. The average Bonchev–Trinajstić information content (AvgIpc) is 2.61. The summed E-state index contributed by atoms with van der Waals surface area (Å²) in [6.45, 7) is 1.87. The summed E-state index contributed by atoms with van der Waals surface area (Å²) in [7, 11) is 1.47. The largest absolute Gasteiger partial charge is 0.467 e. The third kappa shape index (κ3) is 4.05. The zero-order chi connectivity index (χ0) is 18.7. The van der Waals surface area contributed by atoms with Gasteiger partial charge < -0.3 is 10.1 Å². The van der Waals surface area contributed by atoms with Crippen molar-refractivity contribution in [2.75, 3.05) is 12.4 Å². The van der Waals surface area contributed by atoms with E-state index in [1.807, 2.05) is 13.0 Å². The van der Waals surface area contributed by atoms with Crippen molar-refractivity contribution in [1.82, 2.24) is 19.9 Å². The molecule has 0 atom stereocenters. The van der Waals surface area contributed by atoms with Crippen LogP contribution < -0.4 is 10.1 Å². The molecular formula is C17H14F3N5O. The van der Waals surface area contributed by atoms with E-state index in [1.165, 1.54) is 7.11 Å². The minimum absolute atomic E-state index is 0.137. The molecule has 0 spiro atoms. The van der Waals surface area contributed by atoms with Gasteiger partial charge in [-0.2, -0.15) is 13.2 Å². The number of benzene rings is 1. The monoisotopic (exact) mass is 361 g/mol. The van der Waals surface area contributed by atoms with Crippen molar-refractivity contribution in [2.45, 2.75) is 13.1 Å². The lowest BCUT2D eigenvalue weighted by atomic mass is 10.1. The van der Waals surface area contributed by atoms with E-state index in [4.69, 9.17) is 4.74 Å². The Morgan fingerprint density at radius 3 is 2.38 bits per heavy atom. The Labute approximate surface area is 147 Å². The molecule has 0 fully saturated rings. The maximum absolute atomic E-state index is 12.8. The first-order valence-corrected chi connectivity index (χ1v) is 7.50. The maximum atomic E-state index is 12.8. The lowest BCUT2D eigenvalue weighted by molar-refractivity contribution is -0.141. The average molecular weight is 361 g/mol. The predicted octanol–water partition coefficient (Wildman–Crippen LogP) is 4.01. The van der Waals surface area contributed by atoms with Gasteiger partial charge in [0.15, 0.2) is 0 Å². The van der Waals surface area contributed by atoms with E-state index in [0.29, 0.717) is 5.69 Å². The summed E-state index contributed by atoms with van der Waals surface area (Å²) in [4.78, 5) is 15.4. The standard InChI is InChI=1S/C17H14F3N5O/c1-10-5-11(12-8-22-16(26-2)23-9-12)7-13(6-10)24-15-21-4-3-14(25-15)17(18,19)20/h3-9H,1-2H3,(H,21,24,25). The molecule has 0 radical (unpaired) electrons. The number of methoxy groups -OCH3 is 1. The fraction of sp³-hybridized carbons (Fsp3) is 0.176. The number of rotatable bonds is 4. The second-order valence-corrected chi connectivity index (χ2v) is 5.43. The summed E-state index contributed by atoms with van der Waals surface area (Å²) in [6.07, 6.45) is -0.264. The van der Waals surface area contributed by atoms with Crippen LogP contribution in [0, 0.1) is 6.92 Å². The molecule has 134 valence electrons. The molecular weight excluding hydrogens is 347 g/mol. The molecule has 2 heterocycles. The molecule has 0 bridgehead atoms. The number of halogens is 3. The molecule has 1 aromatic carbocycles. The molecule has 1 N–H and O–H groups in total. The van der Waals surface area contributed by atoms with Crippen molar-refractivity contribution in [3.05, 3.63) is 54.1 Å². The molecule has 9 heteroatoms. The van der Waals surface area contributed by atoms with E-state index >= 15 is 0 Å². The van der Waals surface area contributed by atoms with E-state index in [0.717, 1.165) is 29.0 Å². The molecule has 0 amide bonds. The number of alkyl halides is 3. The lowest BCUT2D eigenvalue weighted by Crippen LogP contribution is -2.10. The highest BCUT2D eigenvalue weighted by molar-refractivity contribution is 5.70. The molecule has 0 saturated heterocycles. The molecule has 0 aliphatic heterocycles. The highest BCUT2D eigenvalue weighted by atomic mass is 19.4. The van der Waals surface area contributed by atoms with E-state index < -0.39 is 11.9 Å². The van der Waals surface area contributed by atoms with Crippen molar-refractivity contribution in [3.63, 3.8) is 0 Å². The summed E-state index contributed by atoms with van der Waals surface area (Å²) in [5, 5.41) is 2.80. The Morgan fingerprint density at radius 2 is 1.73 bits per heavy atom. The van der Waals surface area contributed by atoms with Gasteiger partial charge in [0.1, 0.15) is 5.69 Å². The van der Waals surface area contributed by atoms with Gasteiger partial charge in [0, 0.05) is 29.8 Å². The van der Waals surface area contributed by atoms with Gasteiger partial charge in [0.2, 0.25) is 5.95 Å². The minimum atomic E-state index is -4.53. The van der Waals surface area contributed by atoms with Gasteiger partial charge in [-0.3, -0.25) is 0 Å². The van der Waals surface area contributed by atoms with E-state index in [2.05, 4.69) is 25.3 Å². The van der Waals surface area contributed by atoms with Crippen LogP contribution in [0.3, 0.4) is 0 Å². The number of aryl methyl sites for hydroxylation is 1. The maximum Gasteiger partial charge on any atom is 0.433 e. The van der Waals surface area contributed by atoms with Gasteiger partial charge in [-0.05, 0) is 36.2 Å². The van der Waals surface area contributed by atoms with Crippen LogP contribution in [-0.2, 0) is 6.18 Å². The van der Waals surface area contributed by atoms with Crippen LogP contribution in [0.1, 0.15) is 11.3 Å². The Hall–Kier alpha value is -3.23. The highest BCUT2D eigenvalue weighted by Gasteiger charge is 2.32. The first-order chi connectivity index (χ1) is 12.3. The third-order valence-electron chi connectivity index (χ3n) is 3.42. The Kier molecular flexibility index (Phi) is 4.70. The van der Waals surface area contributed by atoms with Crippen LogP contribution in [0.4, 0.5) is 24.8 Å². The molecule has 2 aromatic heterocycles. The van der Waals surface area contributed by atoms with Gasteiger partial charge in [-0.25, -0.2) is 19.9 Å². The quantitative estimate of drug-likeness (QED) is 0.757. The fourth-order valence-electron chi connectivity index (χ4n) is 2.30. The van der Waals surface area contributed by atoms with Crippen LogP contribution in [-0.4, -0.2) is 27.0 Å². The van der Waals surface area contributed by atoms with Crippen LogP contribution in [0.25, 0.3) is 11.1 Å². The molecule has 0 aliphatic rings. The number of nitrogens with one attached hydrogen (secondary N) is 1. The second-order valence-electron chi connectivity index (χ2n) is 5.43. The molecule has 6 nitrogen and oxygen atoms in total. The first kappa shape index (κ1) is 17.6. The second kappa shape index (κ2) is 6.95. The van der Waals surface area contributed by atoms with Gasteiger partial charge in [0.05, 0.1) is 7.11 Å². The van der Waals surface area contributed by atoms with E-state index in [-0.39, 0.29) is 12.0 Å². The number of ether oxygens (including phenoxy) is 1. The normalized spacial score (nSPS) is 11.3. The van der Waals surface area contributed by atoms with Gasteiger partial charge in [0.25, 0.3) is 0 Å². The summed E-state index contributed by atoms with van der Waals surface area (Å²) in [6, 6.07) is 6.50. The van der Waals surface area contributed by atoms with Gasteiger partial charge in [-0.15, -0.1) is 0 Å². The Morgan fingerprint density at radius 1 is 1.00 bits per heavy atom. The number of hydrogen-bond acceptors (Lipinski definition) is 6. The zero-order valence-electron chi connectivity index (χ0n) is 13.9. The molecule has 3 aromatic rings. The third-order valence-corrected chi connectivity index (χ3v) is 3.42. The van der Waals surface area contributed by atoms with Crippen LogP contribution in [0.2, 0.25) is 0 Å². The van der Waals surface area contributed by atoms with E-state index in [1.54, 1.807) is 24.5 Å².